The van der Waals surface area contributed by atoms with Crippen LogP contribution in [0.1, 0.15) is 26.7 Å². The van der Waals surface area contributed by atoms with Gasteiger partial charge in [-0.05, 0) is 13.8 Å². The van der Waals surface area contributed by atoms with Crippen molar-refractivity contribution in [2.45, 2.75) is 38.0 Å². The molecule has 0 aliphatic carbocycles. The molecule has 66 valence electrons. The summed E-state index contributed by atoms with van der Waals surface area (Å²) >= 11 is -0.589. The van der Waals surface area contributed by atoms with Crippen LogP contribution in [0, 0.1) is 0 Å². The van der Waals surface area contributed by atoms with Crippen molar-refractivity contribution in [2.24, 2.45) is 0 Å². The predicted octanol–water partition coefficient (Wildman–Crippen LogP) is 1.32. The maximum absolute atomic E-state index is 11.2. The SMILES string of the molecule is CCOC1CC[S+]([O-])C(C)C1. The highest BCUT2D eigenvalue weighted by Gasteiger charge is 2.28. The molecule has 0 radical (unpaired) electrons. The van der Waals surface area contributed by atoms with Crippen molar-refractivity contribution in [3.8, 4) is 0 Å². The van der Waals surface area contributed by atoms with Gasteiger partial charge < -0.3 is 9.29 Å². The van der Waals surface area contributed by atoms with Crippen LogP contribution in [0.2, 0.25) is 0 Å². The van der Waals surface area contributed by atoms with Crippen molar-refractivity contribution in [1.82, 2.24) is 0 Å². The van der Waals surface area contributed by atoms with E-state index in [4.69, 9.17) is 4.74 Å². The summed E-state index contributed by atoms with van der Waals surface area (Å²) in [6.07, 6.45) is 2.32. The molecule has 3 atom stereocenters. The first-order valence-electron chi connectivity index (χ1n) is 4.22. The van der Waals surface area contributed by atoms with E-state index >= 15 is 0 Å². The highest BCUT2D eigenvalue weighted by molar-refractivity contribution is 7.92. The van der Waals surface area contributed by atoms with E-state index in [1.807, 2.05) is 13.8 Å². The molecule has 1 aliphatic rings. The molecule has 1 aliphatic heterocycles. The number of hydrogen-bond acceptors (Lipinski definition) is 2. The topological polar surface area (TPSA) is 32.3 Å². The molecular formula is C8H16O2S. The molecule has 0 spiro atoms. The summed E-state index contributed by atoms with van der Waals surface area (Å²) in [4.78, 5) is 0. The van der Waals surface area contributed by atoms with Gasteiger partial charge in [0.05, 0.1) is 6.10 Å². The molecule has 0 aromatic heterocycles. The molecule has 1 saturated heterocycles. The van der Waals surface area contributed by atoms with Gasteiger partial charge in [0.25, 0.3) is 0 Å². The van der Waals surface area contributed by atoms with Crippen LogP contribution in [0.4, 0.5) is 0 Å². The third kappa shape index (κ3) is 2.65. The second-order valence-electron chi connectivity index (χ2n) is 3.00. The van der Waals surface area contributed by atoms with Gasteiger partial charge in [0.15, 0.2) is 0 Å². The van der Waals surface area contributed by atoms with Crippen molar-refractivity contribution in [3.05, 3.63) is 0 Å². The zero-order valence-electron chi connectivity index (χ0n) is 7.21. The Balaban J connectivity index is 2.28. The van der Waals surface area contributed by atoms with E-state index in [1.165, 1.54) is 0 Å². The van der Waals surface area contributed by atoms with Crippen LogP contribution >= 0.6 is 0 Å². The molecule has 0 N–H and O–H groups in total. The quantitative estimate of drug-likeness (QED) is 0.594. The van der Waals surface area contributed by atoms with Crippen LogP contribution in [-0.2, 0) is 15.9 Å². The largest absolute Gasteiger partial charge is 0.616 e. The van der Waals surface area contributed by atoms with Crippen LogP contribution in [0.25, 0.3) is 0 Å². The van der Waals surface area contributed by atoms with E-state index in [-0.39, 0.29) is 0 Å². The van der Waals surface area contributed by atoms with Gasteiger partial charge in [0, 0.05) is 19.4 Å². The maximum Gasteiger partial charge on any atom is 0.115 e. The van der Waals surface area contributed by atoms with E-state index in [0.717, 1.165) is 25.2 Å². The lowest BCUT2D eigenvalue weighted by Gasteiger charge is -2.29. The monoisotopic (exact) mass is 176 g/mol. The molecule has 0 aromatic carbocycles. The normalized spacial score (nSPS) is 39.0. The fraction of sp³-hybridized carbons (Fsp3) is 1.00. The van der Waals surface area contributed by atoms with E-state index in [0.29, 0.717) is 11.4 Å². The second kappa shape index (κ2) is 4.33. The molecule has 1 rings (SSSR count). The van der Waals surface area contributed by atoms with Crippen LogP contribution < -0.4 is 0 Å². The molecular weight excluding hydrogens is 160 g/mol. The Morgan fingerprint density at radius 1 is 1.64 bits per heavy atom. The Kier molecular flexibility index (Phi) is 3.69. The Morgan fingerprint density at radius 2 is 2.36 bits per heavy atom. The lowest BCUT2D eigenvalue weighted by molar-refractivity contribution is 0.0517. The van der Waals surface area contributed by atoms with E-state index in [2.05, 4.69) is 0 Å². The van der Waals surface area contributed by atoms with Gasteiger partial charge in [0.1, 0.15) is 11.0 Å². The van der Waals surface area contributed by atoms with Crippen molar-refractivity contribution < 1.29 is 9.29 Å². The lowest BCUT2D eigenvalue weighted by Crippen LogP contribution is -2.34. The lowest BCUT2D eigenvalue weighted by atomic mass is 10.1. The second-order valence-corrected chi connectivity index (χ2v) is 4.97. The first kappa shape index (κ1) is 9.36. The standard InChI is InChI=1S/C8H16O2S/c1-3-10-8-4-5-11(9)7(2)6-8/h7-8H,3-6H2,1-2H3. The third-order valence-corrected chi connectivity index (χ3v) is 3.82. The van der Waals surface area contributed by atoms with Crippen molar-refractivity contribution >= 4 is 11.2 Å². The molecule has 0 bridgehead atoms. The van der Waals surface area contributed by atoms with Crippen LogP contribution in [0.15, 0.2) is 0 Å². The Morgan fingerprint density at radius 3 is 2.91 bits per heavy atom. The van der Waals surface area contributed by atoms with E-state index < -0.39 is 11.2 Å². The Hall–Kier alpha value is 0.270. The van der Waals surface area contributed by atoms with Crippen molar-refractivity contribution in [1.29, 1.82) is 0 Å². The number of rotatable bonds is 2. The highest BCUT2D eigenvalue weighted by atomic mass is 32.2. The first-order chi connectivity index (χ1) is 5.24. The minimum Gasteiger partial charge on any atom is -0.616 e. The number of hydrogen-bond donors (Lipinski definition) is 0. The van der Waals surface area contributed by atoms with Crippen molar-refractivity contribution in [2.75, 3.05) is 12.4 Å². The van der Waals surface area contributed by atoms with Crippen LogP contribution in [0.5, 0.6) is 0 Å². The molecule has 1 fully saturated rings. The van der Waals surface area contributed by atoms with Gasteiger partial charge in [-0.15, -0.1) is 0 Å². The molecule has 3 heteroatoms. The molecule has 11 heavy (non-hydrogen) atoms. The summed E-state index contributed by atoms with van der Waals surface area (Å²) in [5.74, 6) is 0.825. The highest BCUT2D eigenvalue weighted by Crippen LogP contribution is 2.21. The summed E-state index contributed by atoms with van der Waals surface area (Å²) < 4.78 is 16.7. The summed E-state index contributed by atoms with van der Waals surface area (Å²) in [5.41, 5.74) is 0. The van der Waals surface area contributed by atoms with Gasteiger partial charge in [-0.2, -0.15) is 0 Å². The maximum atomic E-state index is 11.2. The fourth-order valence-electron chi connectivity index (χ4n) is 1.43. The molecule has 3 unspecified atom stereocenters. The predicted molar refractivity (Wildman–Crippen MR) is 47.1 cm³/mol. The molecule has 2 nitrogen and oxygen atoms in total. The summed E-state index contributed by atoms with van der Waals surface area (Å²) in [5, 5.41) is 0.334. The van der Waals surface area contributed by atoms with E-state index in [9.17, 15) is 4.55 Å². The zero-order valence-corrected chi connectivity index (χ0v) is 8.02. The summed E-state index contributed by atoms with van der Waals surface area (Å²) in [6.45, 7) is 4.83. The van der Waals surface area contributed by atoms with Gasteiger partial charge in [-0.25, -0.2) is 0 Å². The average molecular weight is 176 g/mol. The van der Waals surface area contributed by atoms with E-state index in [1.54, 1.807) is 0 Å². The third-order valence-electron chi connectivity index (χ3n) is 2.09. The molecule has 0 aromatic rings. The average Bonchev–Trinajstić information content (AvgIpc) is 1.98. The summed E-state index contributed by atoms with van der Waals surface area (Å²) in [6, 6.07) is 0. The molecule has 0 saturated carbocycles. The Labute approximate surface area is 71.5 Å². The molecule has 1 heterocycles. The van der Waals surface area contributed by atoms with Gasteiger partial charge >= 0.3 is 0 Å². The molecule has 0 amide bonds. The minimum atomic E-state index is -0.589. The van der Waals surface area contributed by atoms with Crippen LogP contribution in [0.3, 0.4) is 0 Å². The first-order valence-corrected chi connectivity index (χ1v) is 5.61. The fourth-order valence-corrected chi connectivity index (χ4v) is 2.76. The minimum absolute atomic E-state index is 0.334. The van der Waals surface area contributed by atoms with Crippen LogP contribution in [-0.4, -0.2) is 28.3 Å². The Bertz CT molecular complexity index is 119. The van der Waals surface area contributed by atoms with Gasteiger partial charge in [-0.3, -0.25) is 0 Å². The van der Waals surface area contributed by atoms with Gasteiger partial charge in [0.2, 0.25) is 0 Å². The van der Waals surface area contributed by atoms with Crippen molar-refractivity contribution in [3.63, 3.8) is 0 Å². The number of ether oxygens (including phenoxy) is 1. The smallest absolute Gasteiger partial charge is 0.115 e. The van der Waals surface area contributed by atoms with Gasteiger partial charge in [-0.1, -0.05) is 11.2 Å². The summed E-state index contributed by atoms with van der Waals surface area (Å²) in [7, 11) is 0. The zero-order chi connectivity index (χ0) is 8.27.